The average molecular weight is 253 g/mol. The number of hydrogen-bond donors (Lipinski definition) is 2. The molecule has 1 aromatic heterocycles. The minimum Gasteiger partial charge on any atom is -1.00 e. The second-order valence-corrected chi connectivity index (χ2v) is 4.30. The van der Waals surface area contributed by atoms with Gasteiger partial charge >= 0.3 is 5.69 Å². The number of piperidine rings is 1. The summed E-state index contributed by atoms with van der Waals surface area (Å²) in [5, 5.41) is 3.32. The van der Waals surface area contributed by atoms with Crippen molar-refractivity contribution in [3.8, 4) is 0 Å². The molecule has 1 fully saturated rings. The van der Waals surface area contributed by atoms with Crippen LogP contribution in [0.2, 0.25) is 0 Å². The van der Waals surface area contributed by atoms with Crippen LogP contribution in [-0.2, 0) is 0 Å². The first-order valence-corrected chi connectivity index (χ1v) is 5.76. The summed E-state index contributed by atoms with van der Waals surface area (Å²) < 4.78 is 1.91. The van der Waals surface area contributed by atoms with E-state index in [9.17, 15) is 4.79 Å². The molecule has 0 radical (unpaired) electrons. The van der Waals surface area contributed by atoms with Gasteiger partial charge < -0.3 is 22.7 Å². The monoisotopic (exact) mass is 252 g/mol. The van der Waals surface area contributed by atoms with Gasteiger partial charge in [0.2, 0.25) is 0 Å². The molecular weight excluding hydrogens is 238 g/mol. The molecule has 2 N–H and O–H groups in total. The van der Waals surface area contributed by atoms with Crippen LogP contribution >= 0.6 is 0 Å². The van der Waals surface area contributed by atoms with Crippen LogP contribution < -0.4 is 23.4 Å². The Bertz CT molecular complexity index is 554. The van der Waals surface area contributed by atoms with Crippen LogP contribution in [0.25, 0.3) is 11.0 Å². The van der Waals surface area contributed by atoms with Gasteiger partial charge in [0.15, 0.2) is 0 Å². The van der Waals surface area contributed by atoms with Gasteiger partial charge in [-0.05, 0) is 38.1 Å². The molecule has 0 unspecified atom stereocenters. The summed E-state index contributed by atoms with van der Waals surface area (Å²) in [4.78, 5) is 14.8. The van der Waals surface area contributed by atoms with Gasteiger partial charge in [0.1, 0.15) is 0 Å². The van der Waals surface area contributed by atoms with Crippen LogP contribution in [0, 0.1) is 0 Å². The summed E-state index contributed by atoms with van der Waals surface area (Å²) in [7, 11) is 0. The lowest BCUT2D eigenvalue weighted by atomic mass is 10.1. The summed E-state index contributed by atoms with van der Waals surface area (Å²) in [5.74, 6) is 0. The van der Waals surface area contributed by atoms with E-state index in [0.29, 0.717) is 6.04 Å². The van der Waals surface area contributed by atoms with Crippen molar-refractivity contribution in [1.82, 2.24) is 14.9 Å². The largest absolute Gasteiger partial charge is 1.00 e. The van der Waals surface area contributed by atoms with E-state index in [1.807, 2.05) is 28.8 Å². The minimum atomic E-state index is 0. The van der Waals surface area contributed by atoms with Crippen LogP contribution in [0.15, 0.2) is 29.1 Å². The number of imidazole rings is 1. The quantitative estimate of drug-likeness (QED) is 0.633. The van der Waals surface area contributed by atoms with Gasteiger partial charge in [0.25, 0.3) is 0 Å². The van der Waals surface area contributed by atoms with E-state index in [2.05, 4.69) is 10.3 Å². The molecule has 2 heterocycles. The van der Waals surface area contributed by atoms with Crippen molar-refractivity contribution in [2.75, 3.05) is 13.1 Å². The topological polar surface area (TPSA) is 49.8 Å². The molecule has 0 saturated carbocycles. The fraction of sp³-hybridized carbons (Fsp3) is 0.417. The molecule has 2 aromatic rings. The standard InChI is InChI=1S/C12H15N3O.ClH/c16-12-14-10-3-1-2-4-11(10)15(12)9-5-7-13-8-6-9;/h1-4,9,13H,5-8H2,(H,14,16);1H/p-1. The Morgan fingerprint density at radius 2 is 1.88 bits per heavy atom. The summed E-state index contributed by atoms with van der Waals surface area (Å²) in [6.45, 7) is 1.99. The lowest BCUT2D eigenvalue weighted by Crippen LogP contribution is -3.00. The zero-order valence-corrected chi connectivity index (χ0v) is 10.2. The van der Waals surface area contributed by atoms with E-state index in [1.165, 1.54) is 0 Å². The summed E-state index contributed by atoms with van der Waals surface area (Å²) in [5.41, 5.74) is 1.98. The Morgan fingerprint density at radius 3 is 2.65 bits per heavy atom. The number of H-pyrrole nitrogens is 1. The van der Waals surface area contributed by atoms with Gasteiger partial charge in [-0.1, -0.05) is 12.1 Å². The Labute approximate surface area is 105 Å². The lowest BCUT2D eigenvalue weighted by Gasteiger charge is -2.23. The van der Waals surface area contributed by atoms with Gasteiger partial charge in [0, 0.05) is 6.04 Å². The fourth-order valence-electron chi connectivity index (χ4n) is 2.50. The highest BCUT2D eigenvalue weighted by Gasteiger charge is 2.18. The zero-order valence-electron chi connectivity index (χ0n) is 9.45. The molecule has 0 aliphatic carbocycles. The van der Waals surface area contributed by atoms with Gasteiger partial charge in [0.05, 0.1) is 11.0 Å². The van der Waals surface area contributed by atoms with Gasteiger partial charge in [-0.2, -0.15) is 0 Å². The molecular formula is C12H15ClN3O-. The van der Waals surface area contributed by atoms with Crippen LogP contribution in [-0.4, -0.2) is 22.6 Å². The van der Waals surface area contributed by atoms with Crippen molar-refractivity contribution < 1.29 is 12.4 Å². The Hall–Kier alpha value is -1.26. The van der Waals surface area contributed by atoms with Crippen LogP contribution in [0.3, 0.4) is 0 Å². The van der Waals surface area contributed by atoms with Crippen LogP contribution in [0.1, 0.15) is 18.9 Å². The Morgan fingerprint density at radius 1 is 1.18 bits per heavy atom. The molecule has 1 aliphatic rings. The second-order valence-electron chi connectivity index (χ2n) is 4.30. The molecule has 0 atom stereocenters. The maximum atomic E-state index is 11.9. The summed E-state index contributed by atoms with van der Waals surface area (Å²) >= 11 is 0. The Balaban J connectivity index is 0.00000108. The average Bonchev–Trinajstić information content (AvgIpc) is 2.66. The van der Waals surface area contributed by atoms with Crippen LogP contribution in [0.5, 0.6) is 0 Å². The normalized spacial score (nSPS) is 16.9. The maximum absolute atomic E-state index is 11.9. The second kappa shape index (κ2) is 4.94. The zero-order chi connectivity index (χ0) is 11.0. The highest BCUT2D eigenvalue weighted by atomic mass is 35.5. The first-order chi connectivity index (χ1) is 7.86. The molecule has 1 aromatic carbocycles. The van der Waals surface area contributed by atoms with Gasteiger partial charge in [-0.15, -0.1) is 0 Å². The number of benzene rings is 1. The molecule has 0 amide bonds. The van der Waals surface area contributed by atoms with E-state index in [0.717, 1.165) is 37.0 Å². The van der Waals surface area contributed by atoms with Crippen LogP contribution in [0.4, 0.5) is 0 Å². The first kappa shape index (κ1) is 12.2. The van der Waals surface area contributed by atoms with Crippen molar-refractivity contribution in [1.29, 1.82) is 0 Å². The van der Waals surface area contributed by atoms with Crippen molar-refractivity contribution >= 4 is 11.0 Å². The predicted molar refractivity (Wildman–Crippen MR) is 63.7 cm³/mol. The molecule has 0 bridgehead atoms. The third-order valence-corrected chi connectivity index (χ3v) is 3.30. The predicted octanol–water partition coefficient (Wildman–Crippen LogP) is -1.74. The number of nitrogens with zero attached hydrogens (tertiary/aromatic N) is 1. The Kier molecular flexibility index (Phi) is 3.54. The summed E-state index contributed by atoms with van der Waals surface area (Å²) in [6.07, 6.45) is 2.06. The first-order valence-electron chi connectivity index (χ1n) is 5.76. The molecule has 1 saturated heterocycles. The molecule has 1 aliphatic heterocycles. The van der Waals surface area contributed by atoms with Crippen molar-refractivity contribution in [2.24, 2.45) is 0 Å². The van der Waals surface area contributed by atoms with Crippen molar-refractivity contribution in [3.63, 3.8) is 0 Å². The minimum absolute atomic E-state index is 0. The van der Waals surface area contributed by atoms with E-state index in [1.54, 1.807) is 0 Å². The van der Waals surface area contributed by atoms with Gasteiger partial charge in [-0.25, -0.2) is 4.79 Å². The molecule has 3 rings (SSSR count). The number of nitrogens with one attached hydrogen (secondary N) is 2. The van der Waals surface area contributed by atoms with Crippen molar-refractivity contribution in [3.05, 3.63) is 34.7 Å². The van der Waals surface area contributed by atoms with E-state index in [-0.39, 0.29) is 18.1 Å². The number of halogens is 1. The van der Waals surface area contributed by atoms with E-state index >= 15 is 0 Å². The molecule has 17 heavy (non-hydrogen) atoms. The SMILES string of the molecule is O=c1[nH]c2ccccc2n1C1CCNCC1.[Cl-]. The number of hydrogen-bond acceptors (Lipinski definition) is 2. The number of fused-ring (bicyclic) bond motifs is 1. The maximum Gasteiger partial charge on any atom is 0.326 e. The van der Waals surface area contributed by atoms with E-state index in [4.69, 9.17) is 0 Å². The molecule has 0 spiro atoms. The number of para-hydroxylation sites is 2. The third-order valence-electron chi connectivity index (χ3n) is 3.30. The number of rotatable bonds is 1. The van der Waals surface area contributed by atoms with Gasteiger partial charge in [-0.3, -0.25) is 4.57 Å². The number of aromatic nitrogens is 2. The molecule has 92 valence electrons. The molecule has 5 heteroatoms. The smallest absolute Gasteiger partial charge is 0.326 e. The van der Waals surface area contributed by atoms with Crippen molar-refractivity contribution in [2.45, 2.75) is 18.9 Å². The van der Waals surface area contributed by atoms with E-state index < -0.39 is 0 Å². The summed E-state index contributed by atoms with van der Waals surface area (Å²) in [6, 6.07) is 8.23. The highest BCUT2D eigenvalue weighted by molar-refractivity contribution is 5.75. The number of aromatic amines is 1. The fourth-order valence-corrected chi connectivity index (χ4v) is 2.50. The highest BCUT2D eigenvalue weighted by Crippen LogP contribution is 2.21. The lowest BCUT2D eigenvalue weighted by molar-refractivity contribution is -0.00000349. The third kappa shape index (κ3) is 2.10. The molecule has 4 nitrogen and oxygen atoms in total.